The average Bonchev–Trinajstić information content (AvgIpc) is 2.48. The molecule has 0 amide bonds. The van der Waals surface area contributed by atoms with Crippen LogP contribution in [0.15, 0.2) is 12.5 Å². The maximum Gasteiger partial charge on any atom is 0.0539 e. The van der Waals surface area contributed by atoms with Crippen molar-refractivity contribution in [2.24, 2.45) is 0 Å². The summed E-state index contributed by atoms with van der Waals surface area (Å²) in [6.07, 6.45) is 3.26. The van der Waals surface area contributed by atoms with Crippen molar-refractivity contribution in [2.45, 2.75) is 26.2 Å². The zero-order chi connectivity index (χ0) is 9.47. The zero-order valence-corrected chi connectivity index (χ0v) is 16.0. The van der Waals surface area contributed by atoms with Gasteiger partial charge in [-0.2, -0.15) is 0 Å². The first kappa shape index (κ1) is 15.7. The van der Waals surface area contributed by atoms with E-state index in [1.807, 2.05) is 0 Å². The van der Waals surface area contributed by atoms with Crippen molar-refractivity contribution in [1.82, 2.24) is 20.2 Å². The third kappa shape index (κ3) is 3.33. The van der Waals surface area contributed by atoms with Gasteiger partial charge in [0.15, 0.2) is 0 Å². The van der Waals surface area contributed by atoms with Gasteiger partial charge in [0, 0.05) is 87.1 Å². The Labute approximate surface area is 138 Å². The van der Waals surface area contributed by atoms with E-state index in [2.05, 4.69) is 40.9 Å². The molecule has 0 aromatic carbocycles. The van der Waals surface area contributed by atoms with Crippen LogP contribution in [-0.4, -0.2) is 15.1 Å². The Bertz CT molecular complexity index is 435. The van der Waals surface area contributed by atoms with Crippen LogP contribution in [0.4, 0.5) is 0 Å². The van der Waals surface area contributed by atoms with Crippen LogP contribution in [0, 0.1) is 31.1 Å². The van der Waals surface area contributed by atoms with Gasteiger partial charge in [0.25, 0.3) is 0 Å². The van der Waals surface area contributed by atoms with E-state index >= 15 is 0 Å². The van der Waals surface area contributed by atoms with E-state index < -0.39 is 0 Å². The van der Waals surface area contributed by atoms with Crippen molar-refractivity contribution in [3.05, 3.63) is 18.2 Å². The number of rotatable bonds is 0. The van der Waals surface area contributed by atoms with E-state index in [9.17, 15) is 0 Å². The third-order valence-corrected chi connectivity index (χ3v) is 1.91. The summed E-state index contributed by atoms with van der Waals surface area (Å²) in [5.74, 6) is 0. The van der Waals surface area contributed by atoms with Gasteiger partial charge in [0.1, 0.15) is 0 Å². The average molecular weight is 502 g/mol. The summed E-state index contributed by atoms with van der Waals surface area (Å²) in [4.78, 5) is 8.29. The molecule has 0 N–H and O–H groups in total. The van der Waals surface area contributed by atoms with Crippen LogP contribution in [0.25, 0.3) is 11.0 Å². The van der Waals surface area contributed by atoms with E-state index in [0.717, 1.165) is 11.1 Å². The number of nitrogens with zero attached hydrogens (tertiary/aromatic N) is 4. The van der Waals surface area contributed by atoms with Gasteiger partial charge < -0.3 is 10.1 Å². The molecule has 0 unspecified atom stereocenters. The monoisotopic (exact) mass is 502 g/mol. The van der Waals surface area contributed by atoms with Gasteiger partial charge in [-0.25, -0.2) is 0 Å². The number of hydrogen-bond donors (Lipinski definition) is 0. The van der Waals surface area contributed by atoms with E-state index in [0.29, 0.717) is 5.65 Å². The molecular formula is C9H11N4UY-. The fraction of sp³-hybridized carbons (Fsp3) is 0.444. The van der Waals surface area contributed by atoms with Gasteiger partial charge in [-0.3, -0.25) is 10.1 Å². The predicted molar refractivity (Wildman–Crippen MR) is 49.4 cm³/mol. The second-order valence-corrected chi connectivity index (χ2v) is 4.05. The van der Waals surface area contributed by atoms with Gasteiger partial charge in [0.05, 0.1) is 5.69 Å². The standard InChI is InChI=1S/C9H11N4.U.Y/c1-9(2,3)7-6-4-12-13-8(6)11-5-10-7;;/h4-5H,1-3H3;;/q-1;;. The van der Waals surface area contributed by atoms with Crippen molar-refractivity contribution in [1.29, 1.82) is 0 Å². The van der Waals surface area contributed by atoms with Gasteiger partial charge in [0.2, 0.25) is 0 Å². The molecule has 0 aliphatic rings. The first-order valence-corrected chi connectivity index (χ1v) is 4.18. The Hall–Kier alpha value is 0.706. The Balaban J connectivity index is 0.000000980. The van der Waals surface area contributed by atoms with Crippen molar-refractivity contribution in [2.75, 3.05) is 0 Å². The summed E-state index contributed by atoms with van der Waals surface area (Å²) in [6, 6.07) is 0. The Morgan fingerprint density at radius 3 is 2.47 bits per heavy atom. The summed E-state index contributed by atoms with van der Waals surface area (Å²) in [7, 11) is 0. The van der Waals surface area contributed by atoms with Crippen LogP contribution in [0.3, 0.4) is 0 Å². The summed E-state index contributed by atoms with van der Waals surface area (Å²) >= 11 is 0. The maximum atomic E-state index is 4.26. The molecule has 2 heterocycles. The van der Waals surface area contributed by atoms with Crippen molar-refractivity contribution in [3.63, 3.8) is 0 Å². The zero-order valence-electron chi connectivity index (χ0n) is 9.02. The van der Waals surface area contributed by atoms with Crippen LogP contribution in [0.2, 0.25) is 0 Å². The van der Waals surface area contributed by atoms with Crippen molar-refractivity contribution < 1.29 is 63.8 Å². The van der Waals surface area contributed by atoms with Gasteiger partial charge >= 0.3 is 0 Å². The molecule has 0 fully saturated rings. The van der Waals surface area contributed by atoms with E-state index in [-0.39, 0.29) is 69.2 Å². The van der Waals surface area contributed by atoms with E-state index in [4.69, 9.17) is 0 Å². The minimum absolute atomic E-state index is 0. The third-order valence-electron chi connectivity index (χ3n) is 1.91. The molecule has 0 spiro atoms. The topological polar surface area (TPSA) is 52.8 Å². The second kappa shape index (κ2) is 5.86. The first-order chi connectivity index (χ1) is 6.09. The number of aromatic nitrogens is 4. The van der Waals surface area contributed by atoms with Crippen molar-refractivity contribution in [3.8, 4) is 0 Å². The molecule has 15 heavy (non-hydrogen) atoms. The quantitative estimate of drug-likeness (QED) is 0.545. The van der Waals surface area contributed by atoms with Crippen molar-refractivity contribution >= 4 is 11.0 Å². The summed E-state index contributed by atoms with van der Waals surface area (Å²) in [5.41, 5.74) is 1.70. The molecular weight excluding hydrogens is 491 g/mol. The minimum Gasteiger partial charge on any atom is -0.425 e. The van der Waals surface area contributed by atoms with E-state index in [1.54, 1.807) is 6.20 Å². The molecule has 2 rings (SSSR count). The Kier molecular flexibility index (Phi) is 6.14. The molecule has 6 heteroatoms. The molecule has 1 radical (unpaired) electrons. The smallest absolute Gasteiger partial charge is 0.0539 e. The van der Waals surface area contributed by atoms with Crippen LogP contribution < -0.4 is 5.10 Å². The molecule has 0 bridgehead atoms. The molecule has 0 aliphatic heterocycles. The van der Waals surface area contributed by atoms with Gasteiger partial charge in [-0.05, 0) is 5.65 Å². The minimum atomic E-state index is 0. The van der Waals surface area contributed by atoms with Gasteiger partial charge in [-0.15, -0.1) is 0 Å². The predicted octanol–water partition coefficient (Wildman–Crippen LogP) is 1.28. The first-order valence-electron chi connectivity index (χ1n) is 4.18. The molecule has 0 aliphatic carbocycles. The fourth-order valence-corrected chi connectivity index (χ4v) is 1.32. The summed E-state index contributed by atoms with van der Waals surface area (Å²) in [5, 5.41) is 8.67. The molecule has 4 nitrogen and oxygen atoms in total. The Morgan fingerprint density at radius 2 is 1.87 bits per heavy atom. The fourth-order valence-electron chi connectivity index (χ4n) is 1.32. The van der Waals surface area contributed by atoms with Crippen LogP contribution in [0.5, 0.6) is 0 Å². The molecule has 2 aromatic heterocycles. The summed E-state index contributed by atoms with van der Waals surface area (Å²) < 4.78 is 0. The SMILES string of the molecule is CC(C)(C)c1ncnc2[n-]ncc12.[U].[Y]. The number of fused-ring (bicyclic) bond motifs is 1. The van der Waals surface area contributed by atoms with Crippen LogP contribution in [0.1, 0.15) is 26.5 Å². The maximum absolute atomic E-state index is 4.26. The van der Waals surface area contributed by atoms with Crippen LogP contribution >= 0.6 is 0 Å². The molecule has 75 valence electrons. The van der Waals surface area contributed by atoms with Gasteiger partial charge in [-0.1, -0.05) is 20.8 Å². The molecule has 0 atom stereocenters. The number of hydrogen-bond acceptors (Lipinski definition) is 3. The second-order valence-electron chi connectivity index (χ2n) is 4.05. The normalized spacial score (nSPS) is 10.6. The van der Waals surface area contributed by atoms with Crippen LogP contribution in [-0.2, 0) is 38.1 Å². The van der Waals surface area contributed by atoms with E-state index in [1.165, 1.54) is 6.33 Å². The largest absolute Gasteiger partial charge is 0.425 e. The summed E-state index contributed by atoms with van der Waals surface area (Å²) in [6.45, 7) is 6.34. The molecule has 0 saturated heterocycles. The Morgan fingerprint density at radius 1 is 1.20 bits per heavy atom. The molecule has 0 saturated carbocycles. The molecule has 2 aromatic rings.